The molecule has 96 valence electrons. The third-order valence-electron chi connectivity index (χ3n) is 3.23. The number of aryl methyl sites for hydroxylation is 1. The molecule has 1 aromatic rings. The highest BCUT2D eigenvalue weighted by atomic mass is 16.4. The van der Waals surface area contributed by atoms with Gasteiger partial charge in [-0.1, -0.05) is 30.3 Å². The van der Waals surface area contributed by atoms with Crippen LogP contribution in [-0.4, -0.2) is 23.5 Å². The second-order valence-electron chi connectivity index (χ2n) is 4.67. The van der Waals surface area contributed by atoms with Crippen molar-refractivity contribution in [2.24, 2.45) is 11.8 Å². The SMILES string of the molecule is O=C(O)[C@H]1C[C@H]1C(=O)NCCCc1ccccc1. The Kier molecular flexibility index (Phi) is 3.97. The fourth-order valence-electron chi connectivity index (χ4n) is 2.04. The third kappa shape index (κ3) is 3.32. The predicted octanol–water partition coefficient (Wildman–Crippen LogP) is 1.46. The maximum Gasteiger partial charge on any atom is 0.307 e. The zero-order valence-electron chi connectivity index (χ0n) is 10.1. The molecule has 4 nitrogen and oxygen atoms in total. The van der Waals surface area contributed by atoms with Crippen LogP contribution in [-0.2, 0) is 16.0 Å². The molecule has 0 bridgehead atoms. The van der Waals surface area contributed by atoms with E-state index in [4.69, 9.17) is 5.11 Å². The summed E-state index contributed by atoms with van der Waals surface area (Å²) in [6.45, 7) is 0.608. The van der Waals surface area contributed by atoms with E-state index in [0.717, 1.165) is 12.8 Å². The first-order chi connectivity index (χ1) is 8.68. The van der Waals surface area contributed by atoms with E-state index in [-0.39, 0.29) is 11.8 Å². The Bertz CT molecular complexity index is 430. The Morgan fingerprint density at radius 3 is 2.56 bits per heavy atom. The highest BCUT2D eigenvalue weighted by molar-refractivity contribution is 5.89. The summed E-state index contributed by atoms with van der Waals surface area (Å²) >= 11 is 0. The van der Waals surface area contributed by atoms with E-state index in [0.29, 0.717) is 13.0 Å². The van der Waals surface area contributed by atoms with Crippen LogP contribution in [0.4, 0.5) is 0 Å². The number of hydrogen-bond donors (Lipinski definition) is 2. The molecular weight excluding hydrogens is 230 g/mol. The molecule has 1 aliphatic rings. The number of amides is 1. The number of rotatable bonds is 6. The molecule has 1 fully saturated rings. The van der Waals surface area contributed by atoms with Crippen LogP contribution in [0.2, 0.25) is 0 Å². The van der Waals surface area contributed by atoms with Crippen molar-refractivity contribution in [2.75, 3.05) is 6.54 Å². The molecule has 1 saturated carbocycles. The van der Waals surface area contributed by atoms with Gasteiger partial charge in [-0.2, -0.15) is 0 Å². The highest BCUT2D eigenvalue weighted by Crippen LogP contribution is 2.38. The van der Waals surface area contributed by atoms with Gasteiger partial charge in [0.05, 0.1) is 11.8 Å². The van der Waals surface area contributed by atoms with Crippen molar-refractivity contribution in [1.82, 2.24) is 5.32 Å². The average molecular weight is 247 g/mol. The second-order valence-corrected chi connectivity index (χ2v) is 4.67. The van der Waals surface area contributed by atoms with Gasteiger partial charge in [0.15, 0.2) is 0 Å². The van der Waals surface area contributed by atoms with Gasteiger partial charge in [0.1, 0.15) is 0 Å². The third-order valence-corrected chi connectivity index (χ3v) is 3.23. The first-order valence-electron chi connectivity index (χ1n) is 6.23. The van der Waals surface area contributed by atoms with Gasteiger partial charge in [-0.15, -0.1) is 0 Å². The van der Waals surface area contributed by atoms with Crippen molar-refractivity contribution >= 4 is 11.9 Å². The number of carbonyl (C=O) groups is 2. The summed E-state index contributed by atoms with van der Waals surface area (Å²) in [7, 11) is 0. The van der Waals surface area contributed by atoms with Gasteiger partial charge in [0.25, 0.3) is 0 Å². The fraction of sp³-hybridized carbons (Fsp3) is 0.429. The second kappa shape index (κ2) is 5.67. The number of benzene rings is 1. The lowest BCUT2D eigenvalue weighted by Gasteiger charge is -2.04. The summed E-state index contributed by atoms with van der Waals surface area (Å²) in [5.41, 5.74) is 1.25. The van der Waals surface area contributed by atoms with Gasteiger partial charge in [0, 0.05) is 6.54 Å². The molecule has 1 aliphatic carbocycles. The fourth-order valence-corrected chi connectivity index (χ4v) is 2.04. The van der Waals surface area contributed by atoms with Crippen LogP contribution >= 0.6 is 0 Å². The minimum atomic E-state index is -0.862. The molecule has 0 saturated heterocycles. The number of carbonyl (C=O) groups excluding carboxylic acids is 1. The lowest BCUT2D eigenvalue weighted by atomic mass is 10.1. The summed E-state index contributed by atoms with van der Waals surface area (Å²) < 4.78 is 0. The molecule has 0 heterocycles. The highest BCUT2D eigenvalue weighted by Gasteiger charge is 2.48. The van der Waals surface area contributed by atoms with E-state index in [1.54, 1.807) is 0 Å². The van der Waals surface area contributed by atoms with E-state index < -0.39 is 11.9 Å². The molecule has 0 aromatic heterocycles. The minimum Gasteiger partial charge on any atom is -0.481 e. The van der Waals surface area contributed by atoms with Crippen LogP contribution in [0.3, 0.4) is 0 Å². The summed E-state index contributed by atoms with van der Waals surface area (Å²) in [5.74, 6) is -1.74. The number of carboxylic acid groups (broad SMARTS) is 1. The van der Waals surface area contributed by atoms with Crippen molar-refractivity contribution in [3.05, 3.63) is 35.9 Å². The Balaban J connectivity index is 1.62. The van der Waals surface area contributed by atoms with Crippen LogP contribution in [0.25, 0.3) is 0 Å². The van der Waals surface area contributed by atoms with Crippen molar-refractivity contribution in [1.29, 1.82) is 0 Å². The first kappa shape index (κ1) is 12.6. The van der Waals surface area contributed by atoms with Crippen LogP contribution < -0.4 is 5.32 Å². The van der Waals surface area contributed by atoms with Crippen LogP contribution in [0.15, 0.2) is 30.3 Å². The predicted molar refractivity (Wildman–Crippen MR) is 67.0 cm³/mol. The van der Waals surface area contributed by atoms with Gasteiger partial charge >= 0.3 is 5.97 Å². The Hall–Kier alpha value is -1.84. The lowest BCUT2D eigenvalue weighted by molar-refractivity contribution is -0.140. The van der Waals surface area contributed by atoms with Gasteiger partial charge in [-0.3, -0.25) is 9.59 Å². The smallest absolute Gasteiger partial charge is 0.307 e. The average Bonchev–Trinajstić information content (AvgIpc) is 3.16. The van der Waals surface area contributed by atoms with E-state index in [1.807, 2.05) is 18.2 Å². The Morgan fingerprint density at radius 2 is 1.94 bits per heavy atom. The molecule has 1 aromatic carbocycles. The van der Waals surface area contributed by atoms with E-state index >= 15 is 0 Å². The monoisotopic (exact) mass is 247 g/mol. The number of carboxylic acids is 1. The zero-order chi connectivity index (χ0) is 13.0. The number of hydrogen-bond acceptors (Lipinski definition) is 2. The summed E-state index contributed by atoms with van der Waals surface area (Å²) in [6.07, 6.45) is 2.29. The van der Waals surface area contributed by atoms with Gasteiger partial charge in [-0.25, -0.2) is 0 Å². The molecule has 0 aliphatic heterocycles. The molecule has 1 amide bonds. The van der Waals surface area contributed by atoms with E-state index in [1.165, 1.54) is 5.56 Å². The molecule has 0 radical (unpaired) electrons. The van der Waals surface area contributed by atoms with E-state index in [2.05, 4.69) is 17.4 Å². The molecule has 0 spiro atoms. The normalized spacial score (nSPS) is 21.3. The molecule has 18 heavy (non-hydrogen) atoms. The molecule has 0 unspecified atom stereocenters. The molecular formula is C14H17NO3. The molecule has 2 N–H and O–H groups in total. The van der Waals surface area contributed by atoms with Crippen LogP contribution in [0, 0.1) is 11.8 Å². The zero-order valence-corrected chi connectivity index (χ0v) is 10.1. The quantitative estimate of drug-likeness (QED) is 0.748. The maximum atomic E-state index is 11.6. The van der Waals surface area contributed by atoms with Crippen LogP contribution in [0.1, 0.15) is 18.4 Å². The number of aliphatic carboxylic acids is 1. The van der Waals surface area contributed by atoms with Crippen molar-refractivity contribution < 1.29 is 14.7 Å². The minimum absolute atomic E-state index is 0.115. The summed E-state index contributed by atoms with van der Waals surface area (Å²) in [5, 5.41) is 11.5. The number of nitrogens with one attached hydrogen (secondary N) is 1. The molecule has 4 heteroatoms. The van der Waals surface area contributed by atoms with Gasteiger partial charge in [0.2, 0.25) is 5.91 Å². The Morgan fingerprint density at radius 1 is 1.22 bits per heavy atom. The standard InChI is InChI=1S/C14H17NO3/c16-13(11-9-12(11)14(17)18)15-8-4-7-10-5-2-1-3-6-10/h1-3,5-6,11-12H,4,7-9H2,(H,15,16)(H,17,18)/t11-,12+/m1/s1. The van der Waals surface area contributed by atoms with E-state index in [9.17, 15) is 9.59 Å². The first-order valence-corrected chi connectivity index (χ1v) is 6.23. The van der Waals surface area contributed by atoms with Gasteiger partial charge in [-0.05, 0) is 24.8 Å². The summed E-state index contributed by atoms with van der Waals surface area (Å²) in [6, 6.07) is 10.1. The van der Waals surface area contributed by atoms with Crippen LogP contribution in [0.5, 0.6) is 0 Å². The van der Waals surface area contributed by atoms with Crippen molar-refractivity contribution in [2.45, 2.75) is 19.3 Å². The topological polar surface area (TPSA) is 66.4 Å². The largest absolute Gasteiger partial charge is 0.481 e. The van der Waals surface area contributed by atoms with Crippen molar-refractivity contribution in [3.8, 4) is 0 Å². The van der Waals surface area contributed by atoms with Gasteiger partial charge < -0.3 is 10.4 Å². The lowest BCUT2D eigenvalue weighted by Crippen LogP contribution is -2.27. The molecule has 2 atom stereocenters. The molecule has 2 rings (SSSR count). The summed E-state index contributed by atoms with van der Waals surface area (Å²) in [4.78, 5) is 22.2. The maximum absolute atomic E-state index is 11.6. The Labute approximate surface area is 106 Å². The van der Waals surface area contributed by atoms with Crippen molar-refractivity contribution in [3.63, 3.8) is 0 Å².